The number of allylic oxidation sites excluding steroid dienone is 2. The van der Waals surface area contributed by atoms with E-state index in [0.717, 1.165) is 34.6 Å². The van der Waals surface area contributed by atoms with Gasteiger partial charge in [0.1, 0.15) is 0 Å². The van der Waals surface area contributed by atoms with Crippen LogP contribution in [-0.4, -0.2) is 8.42 Å². The number of thiol groups is 1. The van der Waals surface area contributed by atoms with Gasteiger partial charge < -0.3 is 0 Å². The lowest BCUT2D eigenvalue weighted by molar-refractivity contribution is 0.319. The summed E-state index contributed by atoms with van der Waals surface area (Å²) in [6, 6.07) is 16.6. The van der Waals surface area contributed by atoms with Crippen LogP contribution in [-0.2, 0) is 10.0 Å². The van der Waals surface area contributed by atoms with Gasteiger partial charge in [0.2, 0.25) is 0 Å². The monoisotopic (exact) mass is 385 g/mol. The van der Waals surface area contributed by atoms with Crippen molar-refractivity contribution >= 4 is 28.2 Å². The molecule has 5 heteroatoms. The van der Waals surface area contributed by atoms with Gasteiger partial charge >= 0.3 is 0 Å². The van der Waals surface area contributed by atoms with Crippen LogP contribution in [0.5, 0.6) is 0 Å². The molecule has 3 nitrogen and oxygen atoms in total. The second kappa shape index (κ2) is 6.78. The number of sulfonamides is 1. The van der Waals surface area contributed by atoms with Crippen LogP contribution in [0, 0.1) is 5.41 Å². The van der Waals surface area contributed by atoms with Crippen molar-refractivity contribution in [2.45, 2.75) is 48.3 Å². The van der Waals surface area contributed by atoms with Gasteiger partial charge in [0, 0.05) is 10.6 Å². The largest absolute Gasteiger partial charge is 0.283 e. The first-order valence-corrected chi connectivity index (χ1v) is 11.0. The third-order valence-corrected chi connectivity index (χ3v) is 7.36. The Morgan fingerprint density at radius 3 is 2.19 bits per heavy atom. The number of benzene rings is 2. The fourth-order valence-electron chi connectivity index (χ4n) is 4.36. The van der Waals surface area contributed by atoms with Crippen LogP contribution in [0.2, 0.25) is 0 Å². The highest BCUT2D eigenvalue weighted by molar-refractivity contribution is 7.89. The second-order valence-electron chi connectivity index (χ2n) is 7.48. The van der Waals surface area contributed by atoms with Gasteiger partial charge in [-0.05, 0) is 66.5 Å². The van der Waals surface area contributed by atoms with Gasteiger partial charge in [0.15, 0.2) is 0 Å². The van der Waals surface area contributed by atoms with E-state index in [1.165, 1.54) is 25.7 Å². The molecule has 0 unspecified atom stereocenters. The maximum absolute atomic E-state index is 12.9. The average Bonchev–Trinajstić information content (AvgIpc) is 3.23. The maximum atomic E-state index is 12.9. The van der Waals surface area contributed by atoms with Crippen LogP contribution in [0.3, 0.4) is 0 Å². The highest BCUT2D eigenvalue weighted by Gasteiger charge is 2.42. The Hall–Kier alpha value is -1.72. The topological polar surface area (TPSA) is 46.2 Å². The predicted molar refractivity (Wildman–Crippen MR) is 108 cm³/mol. The Labute approximate surface area is 161 Å². The molecular formula is C21H23NO2S2. The Bertz CT molecular complexity index is 926. The quantitative estimate of drug-likeness (QED) is 0.726. The molecule has 0 radical (unpaired) electrons. The molecule has 0 amide bonds. The van der Waals surface area contributed by atoms with Crippen molar-refractivity contribution in [1.29, 1.82) is 0 Å². The molecule has 1 saturated carbocycles. The molecule has 0 bridgehead atoms. The molecule has 1 N–H and O–H groups in total. The lowest BCUT2D eigenvalue weighted by atomic mass is 9.82. The summed E-state index contributed by atoms with van der Waals surface area (Å²) in [5, 5.41) is 0. The Kier molecular flexibility index (Phi) is 4.61. The minimum atomic E-state index is -3.56. The molecule has 2 aliphatic rings. The zero-order chi connectivity index (χ0) is 18.2. The minimum Gasteiger partial charge on any atom is -0.283 e. The standard InChI is InChI=1S/C21H23NO2S2/c23-26(24,18-6-2-1-3-7-18)22-20-15-21(12-4-5-13-21)14-19(20)16-8-10-17(25)11-9-16/h1-3,6-11,22,25H,4-5,12-15H2. The summed E-state index contributed by atoms with van der Waals surface area (Å²) in [6.45, 7) is 0. The number of hydrogen-bond donors (Lipinski definition) is 2. The molecule has 2 aliphatic carbocycles. The first kappa shape index (κ1) is 17.7. The maximum Gasteiger partial charge on any atom is 0.261 e. The first-order valence-electron chi connectivity index (χ1n) is 9.07. The Morgan fingerprint density at radius 2 is 1.54 bits per heavy atom. The van der Waals surface area contributed by atoms with E-state index in [2.05, 4.69) is 17.4 Å². The smallest absolute Gasteiger partial charge is 0.261 e. The van der Waals surface area contributed by atoms with Gasteiger partial charge in [-0.15, -0.1) is 12.6 Å². The molecule has 1 fully saturated rings. The van der Waals surface area contributed by atoms with Crippen molar-refractivity contribution in [3.8, 4) is 0 Å². The van der Waals surface area contributed by atoms with Gasteiger partial charge in [-0.1, -0.05) is 43.2 Å². The van der Waals surface area contributed by atoms with Crippen molar-refractivity contribution in [3.63, 3.8) is 0 Å². The van der Waals surface area contributed by atoms with Crippen LogP contribution in [0.15, 0.2) is 70.1 Å². The summed E-state index contributed by atoms with van der Waals surface area (Å²) in [7, 11) is -3.56. The van der Waals surface area contributed by atoms with E-state index in [0.29, 0.717) is 4.90 Å². The second-order valence-corrected chi connectivity index (χ2v) is 9.68. The normalized spacial score (nSPS) is 19.3. The minimum absolute atomic E-state index is 0.226. The SMILES string of the molecule is O=S(=O)(NC1=C(c2ccc(S)cc2)CC2(CCCC2)C1)c1ccccc1. The number of hydrogen-bond acceptors (Lipinski definition) is 3. The van der Waals surface area contributed by atoms with E-state index in [4.69, 9.17) is 0 Å². The molecule has 0 aliphatic heterocycles. The van der Waals surface area contributed by atoms with Crippen molar-refractivity contribution in [2.75, 3.05) is 0 Å². The van der Waals surface area contributed by atoms with E-state index in [9.17, 15) is 8.42 Å². The molecular weight excluding hydrogens is 362 g/mol. The van der Waals surface area contributed by atoms with E-state index >= 15 is 0 Å². The van der Waals surface area contributed by atoms with E-state index in [1.807, 2.05) is 30.3 Å². The molecule has 26 heavy (non-hydrogen) atoms. The van der Waals surface area contributed by atoms with Crippen molar-refractivity contribution in [2.24, 2.45) is 5.41 Å². The summed E-state index contributed by atoms with van der Waals surface area (Å²) < 4.78 is 28.6. The van der Waals surface area contributed by atoms with Crippen LogP contribution in [0.4, 0.5) is 0 Å². The molecule has 2 aromatic carbocycles. The van der Waals surface area contributed by atoms with E-state index in [1.54, 1.807) is 24.3 Å². The zero-order valence-corrected chi connectivity index (χ0v) is 16.3. The summed E-state index contributed by atoms with van der Waals surface area (Å²) in [5.74, 6) is 0. The molecule has 0 heterocycles. The fraction of sp³-hybridized carbons (Fsp3) is 0.333. The number of nitrogens with one attached hydrogen (secondary N) is 1. The van der Waals surface area contributed by atoms with Crippen molar-refractivity contribution in [1.82, 2.24) is 4.72 Å². The van der Waals surface area contributed by atoms with Crippen LogP contribution in [0.1, 0.15) is 44.1 Å². The molecule has 4 rings (SSSR count). The van der Waals surface area contributed by atoms with Gasteiger partial charge in [-0.2, -0.15) is 0 Å². The lowest BCUT2D eigenvalue weighted by Crippen LogP contribution is -2.24. The predicted octanol–water partition coefficient (Wildman–Crippen LogP) is 5.02. The van der Waals surface area contributed by atoms with Crippen molar-refractivity contribution < 1.29 is 8.42 Å². The highest BCUT2D eigenvalue weighted by Crippen LogP contribution is 2.54. The van der Waals surface area contributed by atoms with Crippen LogP contribution in [0.25, 0.3) is 5.57 Å². The molecule has 0 saturated heterocycles. The van der Waals surface area contributed by atoms with E-state index < -0.39 is 10.0 Å². The molecule has 1 spiro atoms. The van der Waals surface area contributed by atoms with Crippen molar-refractivity contribution in [3.05, 3.63) is 65.9 Å². The molecule has 0 aromatic heterocycles. The summed E-state index contributed by atoms with van der Waals surface area (Å²) in [4.78, 5) is 1.22. The average molecular weight is 386 g/mol. The van der Waals surface area contributed by atoms with Gasteiger partial charge in [0.25, 0.3) is 10.0 Å². The third kappa shape index (κ3) is 3.42. The van der Waals surface area contributed by atoms with Crippen LogP contribution < -0.4 is 4.72 Å². The highest BCUT2D eigenvalue weighted by atomic mass is 32.2. The number of rotatable bonds is 4. The van der Waals surface area contributed by atoms with Gasteiger partial charge in [0.05, 0.1) is 4.90 Å². The first-order chi connectivity index (χ1) is 12.5. The van der Waals surface area contributed by atoms with Crippen LogP contribution >= 0.6 is 12.6 Å². The lowest BCUT2D eigenvalue weighted by Gasteiger charge is -2.23. The summed E-state index contributed by atoms with van der Waals surface area (Å²) >= 11 is 4.37. The molecule has 136 valence electrons. The fourth-order valence-corrected chi connectivity index (χ4v) is 5.66. The molecule has 0 atom stereocenters. The van der Waals surface area contributed by atoms with E-state index in [-0.39, 0.29) is 5.41 Å². The summed E-state index contributed by atoms with van der Waals surface area (Å²) in [5.41, 5.74) is 3.32. The Morgan fingerprint density at radius 1 is 0.885 bits per heavy atom. The van der Waals surface area contributed by atoms with Gasteiger partial charge in [-0.25, -0.2) is 8.42 Å². The molecule has 2 aromatic rings. The summed E-state index contributed by atoms with van der Waals surface area (Å²) in [6.07, 6.45) is 6.60. The van der Waals surface area contributed by atoms with Gasteiger partial charge in [-0.3, -0.25) is 4.72 Å². The Balaban J connectivity index is 1.71. The third-order valence-electron chi connectivity index (χ3n) is 5.66. The zero-order valence-electron chi connectivity index (χ0n) is 14.6.